The van der Waals surface area contributed by atoms with Crippen molar-refractivity contribution >= 4 is 16.9 Å². The zero-order chi connectivity index (χ0) is 22.4. The Morgan fingerprint density at radius 3 is 2.70 bits per heavy atom. The molecule has 6 rings (SSSR count). The lowest BCUT2D eigenvalue weighted by atomic mass is 9.83. The number of hydrogen-bond donors (Lipinski definition) is 1. The Balaban J connectivity index is 1.06. The average molecular weight is 448 g/mol. The zero-order valence-electron chi connectivity index (χ0n) is 19.4. The van der Waals surface area contributed by atoms with E-state index in [-0.39, 0.29) is 11.5 Å². The number of piperidine rings is 1. The van der Waals surface area contributed by atoms with Gasteiger partial charge in [-0.1, -0.05) is 19.3 Å². The normalized spacial score (nSPS) is 22.5. The first kappa shape index (κ1) is 20.8. The smallest absolute Gasteiger partial charge is 0.225 e. The summed E-state index contributed by atoms with van der Waals surface area (Å²) in [4.78, 5) is 29.6. The fourth-order valence-electron chi connectivity index (χ4n) is 5.96. The van der Waals surface area contributed by atoms with Gasteiger partial charge in [0, 0.05) is 61.0 Å². The lowest BCUT2D eigenvalue weighted by Gasteiger charge is -2.53. The third kappa shape index (κ3) is 3.74. The van der Waals surface area contributed by atoms with Crippen molar-refractivity contribution in [3.63, 3.8) is 0 Å². The first-order valence-electron chi connectivity index (χ1n) is 12.5. The molecule has 174 valence electrons. The Bertz CT molecular complexity index is 1130. The molecule has 8 heteroatoms. The van der Waals surface area contributed by atoms with Crippen LogP contribution in [0.5, 0.6) is 0 Å². The highest BCUT2D eigenvalue weighted by Crippen LogP contribution is 2.37. The molecule has 2 aliphatic heterocycles. The van der Waals surface area contributed by atoms with Gasteiger partial charge in [0.05, 0.1) is 17.9 Å². The van der Waals surface area contributed by atoms with Gasteiger partial charge in [-0.05, 0) is 38.7 Å². The fourth-order valence-corrected chi connectivity index (χ4v) is 5.96. The van der Waals surface area contributed by atoms with Crippen molar-refractivity contribution in [1.82, 2.24) is 34.5 Å². The van der Waals surface area contributed by atoms with Crippen molar-refractivity contribution < 1.29 is 4.79 Å². The van der Waals surface area contributed by atoms with Gasteiger partial charge in [-0.15, -0.1) is 0 Å². The topological polar surface area (TPSA) is 82.9 Å². The highest BCUT2D eigenvalue weighted by Gasteiger charge is 2.44. The monoisotopic (exact) mass is 447 g/mol. The molecular weight excluding hydrogens is 414 g/mol. The highest BCUT2D eigenvalue weighted by molar-refractivity contribution is 5.90. The summed E-state index contributed by atoms with van der Waals surface area (Å²) in [7, 11) is 0. The number of H-pyrrole nitrogens is 1. The van der Waals surface area contributed by atoms with Crippen LogP contribution in [0.3, 0.4) is 0 Å². The number of carbonyl (C=O) groups excluding carboxylic acids is 1. The molecule has 1 amide bonds. The molecule has 0 atom stereocenters. The molecule has 0 aromatic carbocycles. The third-order valence-corrected chi connectivity index (χ3v) is 8.34. The standard InChI is InChI=1S/C25H33N7O/c1-25(8-11-30(12-9-25)24(33)18-5-3-2-4-6-18)31-15-20(16-31)32-14-19(13-29-32)22-21-7-10-26-23(21)28-17-27-22/h7,10,13-14,17-18,20H,2-6,8-9,11-12,15-16H2,1H3,(H,26,27,28). The molecule has 2 saturated heterocycles. The summed E-state index contributed by atoms with van der Waals surface area (Å²) in [5.74, 6) is 0.705. The van der Waals surface area contributed by atoms with Gasteiger partial charge in [-0.2, -0.15) is 5.10 Å². The molecule has 5 heterocycles. The molecule has 1 aliphatic carbocycles. The minimum Gasteiger partial charge on any atom is -0.346 e. The molecule has 1 saturated carbocycles. The van der Waals surface area contributed by atoms with Crippen LogP contribution in [0, 0.1) is 5.92 Å². The van der Waals surface area contributed by atoms with E-state index >= 15 is 0 Å². The van der Waals surface area contributed by atoms with E-state index in [0.29, 0.717) is 11.9 Å². The molecule has 3 aromatic heterocycles. The Morgan fingerprint density at radius 1 is 1.12 bits per heavy atom. The van der Waals surface area contributed by atoms with Gasteiger partial charge in [0.1, 0.15) is 12.0 Å². The second-order valence-corrected chi connectivity index (χ2v) is 10.4. The van der Waals surface area contributed by atoms with Gasteiger partial charge >= 0.3 is 0 Å². The molecule has 0 radical (unpaired) electrons. The van der Waals surface area contributed by atoms with Crippen molar-refractivity contribution in [3.8, 4) is 11.3 Å². The van der Waals surface area contributed by atoms with Crippen molar-refractivity contribution in [2.45, 2.75) is 63.5 Å². The quantitative estimate of drug-likeness (QED) is 0.660. The Hall–Kier alpha value is -2.74. The fraction of sp³-hybridized carbons (Fsp3) is 0.600. The molecule has 3 fully saturated rings. The Morgan fingerprint density at radius 2 is 1.91 bits per heavy atom. The van der Waals surface area contributed by atoms with Crippen LogP contribution in [0.2, 0.25) is 0 Å². The number of nitrogens with zero attached hydrogens (tertiary/aromatic N) is 6. The van der Waals surface area contributed by atoms with Crippen LogP contribution in [0.1, 0.15) is 57.9 Å². The van der Waals surface area contributed by atoms with Crippen LogP contribution >= 0.6 is 0 Å². The minimum atomic E-state index is 0.180. The number of aromatic nitrogens is 5. The van der Waals surface area contributed by atoms with Gasteiger partial charge in [0.2, 0.25) is 5.91 Å². The summed E-state index contributed by atoms with van der Waals surface area (Å²) in [6.45, 7) is 6.21. The lowest BCUT2D eigenvalue weighted by Crippen LogP contribution is -2.62. The predicted octanol–water partition coefficient (Wildman–Crippen LogP) is 3.64. The summed E-state index contributed by atoms with van der Waals surface area (Å²) < 4.78 is 2.09. The average Bonchev–Trinajstić information content (AvgIpc) is 3.48. The summed E-state index contributed by atoms with van der Waals surface area (Å²) in [6.07, 6.45) is 15.6. The number of aromatic amines is 1. The number of carbonyl (C=O) groups is 1. The molecule has 0 unspecified atom stereocenters. The van der Waals surface area contributed by atoms with Crippen LogP contribution in [-0.4, -0.2) is 72.2 Å². The van der Waals surface area contributed by atoms with Crippen LogP contribution in [0.25, 0.3) is 22.3 Å². The maximum absolute atomic E-state index is 12.9. The molecule has 0 spiro atoms. The first-order chi connectivity index (χ1) is 16.1. The number of amides is 1. The second kappa shape index (κ2) is 8.24. The predicted molar refractivity (Wildman–Crippen MR) is 127 cm³/mol. The highest BCUT2D eigenvalue weighted by atomic mass is 16.2. The van der Waals surface area contributed by atoms with E-state index in [1.807, 2.05) is 18.5 Å². The largest absolute Gasteiger partial charge is 0.346 e. The summed E-state index contributed by atoms with van der Waals surface area (Å²) in [5.41, 5.74) is 2.98. The van der Waals surface area contributed by atoms with Crippen molar-refractivity contribution in [2.75, 3.05) is 26.2 Å². The number of likely N-dealkylation sites (tertiary alicyclic amines) is 2. The first-order valence-corrected chi connectivity index (χ1v) is 12.5. The van der Waals surface area contributed by atoms with Crippen LogP contribution in [-0.2, 0) is 4.79 Å². The molecule has 8 nitrogen and oxygen atoms in total. The summed E-state index contributed by atoms with van der Waals surface area (Å²) in [5, 5.41) is 5.68. The molecule has 33 heavy (non-hydrogen) atoms. The van der Waals surface area contributed by atoms with E-state index in [0.717, 1.165) is 74.2 Å². The van der Waals surface area contributed by atoms with Crippen LogP contribution < -0.4 is 0 Å². The maximum Gasteiger partial charge on any atom is 0.225 e. The Kier molecular flexibility index (Phi) is 5.20. The van der Waals surface area contributed by atoms with Gasteiger partial charge < -0.3 is 9.88 Å². The van der Waals surface area contributed by atoms with Crippen LogP contribution in [0.4, 0.5) is 0 Å². The third-order valence-electron chi connectivity index (χ3n) is 8.34. The van der Waals surface area contributed by atoms with Gasteiger partial charge in [0.15, 0.2) is 0 Å². The second-order valence-electron chi connectivity index (χ2n) is 10.4. The van der Waals surface area contributed by atoms with Gasteiger partial charge in [-0.3, -0.25) is 14.4 Å². The number of rotatable bonds is 4. The van der Waals surface area contributed by atoms with Gasteiger partial charge in [0.25, 0.3) is 0 Å². The molecule has 1 N–H and O–H groups in total. The van der Waals surface area contributed by atoms with Crippen molar-refractivity contribution in [2.24, 2.45) is 5.92 Å². The summed E-state index contributed by atoms with van der Waals surface area (Å²) in [6, 6.07) is 2.40. The van der Waals surface area contributed by atoms with E-state index in [1.54, 1.807) is 6.33 Å². The van der Waals surface area contributed by atoms with E-state index in [2.05, 4.69) is 47.7 Å². The zero-order valence-corrected chi connectivity index (χ0v) is 19.4. The summed E-state index contributed by atoms with van der Waals surface area (Å²) >= 11 is 0. The van der Waals surface area contributed by atoms with E-state index in [9.17, 15) is 4.79 Å². The van der Waals surface area contributed by atoms with E-state index in [1.165, 1.54) is 19.3 Å². The van der Waals surface area contributed by atoms with E-state index in [4.69, 9.17) is 0 Å². The molecule has 3 aliphatic rings. The maximum atomic E-state index is 12.9. The minimum absolute atomic E-state index is 0.180. The number of hydrogen-bond acceptors (Lipinski definition) is 5. The number of fused-ring (bicyclic) bond motifs is 1. The van der Waals surface area contributed by atoms with E-state index < -0.39 is 0 Å². The van der Waals surface area contributed by atoms with Crippen molar-refractivity contribution in [1.29, 1.82) is 0 Å². The van der Waals surface area contributed by atoms with Crippen molar-refractivity contribution in [3.05, 3.63) is 31.0 Å². The molecule has 0 bridgehead atoms. The van der Waals surface area contributed by atoms with Gasteiger partial charge in [-0.25, -0.2) is 9.97 Å². The molecule has 3 aromatic rings. The Labute approximate surface area is 194 Å². The number of nitrogens with one attached hydrogen (secondary N) is 1. The SMILES string of the molecule is CC1(N2CC(n3cc(-c4ncnc5[nH]ccc45)cn3)C2)CCN(C(=O)C2CCCCC2)CC1. The molecular formula is C25H33N7O. The lowest BCUT2D eigenvalue weighted by molar-refractivity contribution is -0.140. The van der Waals surface area contributed by atoms with Crippen LogP contribution in [0.15, 0.2) is 31.0 Å².